The Hall–Kier alpha value is -3.48. The van der Waals surface area contributed by atoms with Gasteiger partial charge in [-0.2, -0.15) is 0 Å². The quantitative estimate of drug-likeness (QED) is 0.613. The van der Waals surface area contributed by atoms with Gasteiger partial charge in [-0.3, -0.25) is 9.59 Å². The van der Waals surface area contributed by atoms with E-state index in [1.54, 1.807) is 4.57 Å². The molecule has 0 radical (unpaired) electrons. The lowest BCUT2D eigenvalue weighted by Crippen LogP contribution is -2.28. The van der Waals surface area contributed by atoms with E-state index < -0.39 is 5.91 Å². The zero-order valence-corrected chi connectivity index (χ0v) is 15.6. The summed E-state index contributed by atoms with van der Waals surface area (Å²) in [6.07, 6.45) is 0.895. The minimum absolute atomic E-state index is 0.0350. The number of nitrogens with one attached hydrogen (secondary N) is 1. The van der Waals surface area contributed by atoms with Gasteiger partial charge in [-0.15, -0.1) is 10.2 Å². The highest BCUT2D eigenvalue weighted by atomic mass is 16.3. The first-order valence-electron chi connectivity index (χ1n) is 9.15. The van der Waals surface area contributed by atoms with E-state index in [0.717, 1.165) is 11.1 Å². The largest absolute Gasteiger partial charge is 0.493 e. The molecule has 0 bridgehead atoms. The van der Waals surface area contributed by atoms with Gasteiger partial charge in [0.25, 0.3) is 5.91 Å². The molecule has 3 aromatic rings. The molecule has 2 aromatic carbocycles. The summed E-state index contributed by atoms with van der Waals surface area (Å²) < 4.78 is 1.69. The van der Waals surface area contributed by atoms with Crippen molar-refractivity contribution in [3.8, 4) is 5.88 Å². The van der Waals surface area contributed by atoms with Crippen molar-refractivity contribution in [3.05, 3.63) is 60.2 Å². The van der Waals surface area contributed by atoms with Crippen LogP contribution in [0.2, 0.25) is 0 Å². The standard InChI is InChI=1S/C21H22N4O3/c1-2-25-17-11-7-6-10-16(17)20(21(25)28)24-23-19(27)14-22-18(26)13-12-15-8-4-3-5-9-15/h3-11,28H,2,12-14H2,1H3,(H,22,26). The van der Waals surface area contributed by atoms with Gasteiger partial charge in [0.05, 0.1) is 5.52 Å². The van der Waals surface area contributed by atoms with Crippen LogP contribution in [-0.2, 0) is 22.6 Å². The Morgan fingerprint density at radius 2 is 1.79 bits per heavy atom. The van der Waals surface area contributed by atoms with Gasteiger partial charge < -0.3 is 15.0 Å². The number of aromatic hydroxyl groups is 1. The topological polar surface area (TPSA) is 96.0 Å². The summed E-state index contributed by atoms with van der Waals surface area (Å²) in [5.41, 5.74) is 2.13. The number of carbonyl (C=O) groups excluding carboxylic acids is 2. The molecule has 2 amide bonds. The predicted octanol–water partition coefficient (Wildman–Crippen LogP) is 3.73. The fraction of sp³-hybridized carbons (Fsp3) is 0.238. The molecule has 0 saturated carbocycles. The van der Waals surface area contributed by atoms with Gasteiger partial charge in [0.15, 0.2) is 5.69 Å². The van der Waals surface area contributed by atoms with E-state index in [4.69, 9.17) is 0 Å². The first kappa shape index (κ1) is 19.3. The van der Waals surface area contributed by atoms with Crippen molar-refractivity contribution in [2.75, 3.05) is 6.54 Å². The minimum Gasteiger partial charge on any atom is -0.493 e. The Bertz CT molecular complexity index is 1010. The third-order valence-electron chi connectivity index (χ3n) is 4.42. The lowest BCUT2D eigenvalue weighted by Gasteiger charge is -2.02. The number of fused-ring (bicyclic) bond motifs is 1. The van der Waals surface area contributed by atoms with Crippen molar-refractivity contribution >= 4 is 28.4 Å². The molecule has 7 heteroatoms. The van der Waals surface area contributed by atoms with E-state index in [1.165, 1.54) is 0 Å². The van der Waals surface area contributed by atoms with Gasteiger partial charge in [-0.1, -0.05) is 48.5 Å². The van der Waals surface area contributed by atoms with Crippen LogP contribution < -0.4 is 5.32 Å². The molecule has 0 atom stereocenters. The maximum atomic E-state index is 12.0. The first-order valence-corrected chi connectivity index (χ1v) is 9.15. The Balaban J connectivity index is 1.58. The molecule has 0 aliphatic rings. The number of para-hydroxylation sites is 1. The summed E-state index contributed by atoms with van der Waals surface area (Å²) in [5, 5.41) is 21.2. The van der Waals surface area contributed by atoms with Crippen LogP contribution in [0.4, 0.5) is 5.69 Å². The van der Waals surface area contributed by atoms with Crippen molar-refractivity contribution < 1.29 is 14.7 Å². The van der Waals surface area contributed by atoms with Crippen LogP contribution in [0.3, 0.4) is 0 Å². The van der Waals surface area contributed by atoms with Crippen LogP contribution in [0.1, 0.15) is 18.9 Å². The summed E-state index contributed by atoms with van der Waals surface area (Å²) in [6, 6.07) is 17.0. The Morgan fingerprint density at radius 1 is 1.07 bits per heavy atom. The molecule has 3 rings (SSSR count). The van der Waals surface area contributed by atoms with Crippen LogP contribution in [0, 0.1) is 0 Å². The van der Waals surface area contributed by atoms with Gasteiger partial charge in [0.2, 0.25) is 11.8 Å². The molecule has 0 aliphatic heterocycles. The van der Waals surface area contributed by atoms with Crippen molar-refractivity contribution in [2.24, 2.45) is 10.2 Å². The van der Waals surface area contributed by atoms with Crippen LogP contribution in [0.15, 0.2) is 64.8 Å². The smallest absolute Gasteiger partial charge is 0.283 e. The maximum absolute atomic E-state index is 12.0. The van der Waals surface area contributed by atoms with Crippen LogP contribution in [0.25, 0.3) is 10.9 Å². The zero-order chi connectivity index (χ0) is 19.9. The molecule has 0 saturated heterocycles. The molecule has 0 unspecified atom stereocenters. The van der Waals surface area contributed by atoms with Gasteiger partial charge in [0, 0.05) is 18.4 Å². The minimum atomic E-state index is -0.583. The van der Waals surface area contributed by atoms with Crippen LogP contribution in [-0.4, -0.2) is 28.0 Å². The van der Waals surface area contributed by atoms with Gasteiger partial charge in [-0.25, -0.2) is 0 Å². The molecule has 144 valence electrons. The number of carbonyl (C=O) groups is 2. The predicted molar refractivity (Wildman–Crippen MR) is 107 cm³/mol. The number of amides is 2. The second-order valence-corrected chi connectivity index (χ2v) is 6.29. The highest BCUT2D eigenvalue weighted by Gasteiger charge is 2.15. The van der Waals surface area contributed by atoms with E-state index in [1.807, 2.05) is 61.5 Å². The molecule has 7 nitrogen and oxygen atoms in total. The molecule has 0 fully saturated rings. The second-order valence-electron chi connectivity index (χ2n) is 6.29. The van der Waals surface area contributed by atoms with Crippen LogP contribution in [0.5, 0.6) is 5.88 Å². The molecule has 0 aliphatic carbocycles. The van der Waals surface area contributed by atoms with E-state index >= 15 is 0 Å². The lowest BCUT2D eigenvalue weighted by molar-refractivity contribution is -0.124. The molecular weight excluding hydrogens is 356 g/mol. The number of benzene rings is 2. The highest BCUT2D eigenvalue weighted by molar-refractivity contribution is 5.95. The number of aryl methyl sites for hydroxylation is 2. The number of hydrogen-bond donors (Lipinski definition) is 2. The molecule has 1 aromatic heterocycles. The Kier molecular flexibility index (Phi) is 6.16. The van der Waals surface area contributed by atoms with Gasteiger partial charge >= 0.3 is 0 Å². The zero-order valence-electron chi connectivity index (χ0n) is 15.6. The van der Waals surface area contributed by atoms with Crippen LogP contribution >= 0.6 is 0 Å². The Labute approximate surface area is 162 Å². The molecule has 28 heavy (non-hydrogen) atoms. The number of aromatic nitrogens is 1. The van der Waals surface area contributed by atoms with Crippen molar-refractivity contribution in [2.45, 2.75) is 26.3 Å². The average Bonchev–Trinajstić information content (AvgIpc) is 3.00. The summed E-state index contributed by atoms with van der Waals surface area (Å²) in [6.45, 7) is 2.24. The van der Waals surface area contributed by atoms with Crippen molar-refractivity contribution in [1.29, 1.82) is 0 Å². The van der Waals surface area contributed by atoms with Crippen molar-refractivity contribution in [1.82, 2.24) is 9.88 Å². The summed E-state index contributed by atoms with van der Waals surface area (Å²) in [7, 11) is 0. The van der Waals surface area contributed by atoms with E-state index in [0.29, 0.717) is 24.8 Å². The fourth-order valence-corrected chi connectivity index (χ4v) is 3.00. The van der Waals surface area contributed by atoms with E-state index in [2.05, 4.69) is 15.5 Å². The maximum Gasteiger partial charge on any atom is 0.283 e. The number of rotatable bonds is 7. The average molecular weight is 378 g/mol. The third kappa shape index (κ3) is 4.43. The molecule has 0 spiro atoms. The van der Waals surface area contributed by atoms with E-state index in [-0.39, 0.29) is 24.0 Å². The van der Waals surface area contributed by atoms with E-state index in [9.17, 15) is 14.7 Å². The first-order chi connectivity index (χ1) is 13.6. The monoisotopic (exact) mass is 378 g/mol. The summed E-state index contributed by atoms with van der Waals surface area (Å²) in [5.74, 6) is -0.842. The number of hydrogen-bond acceptors (Lipinski definition) is 4. The molecular formula is C21H22N4O3. The normalized spacial score (nSPS) is 11.2. The SMILES string of the molecule is CCn1c(O)c(N=NC(=O)CNC(=O)CCc2ccccc2)c2ccccc21. The summed E-state index contributed by atoms with van der Waals surface area (Å²) in [4.78, 5) is 23.8. The fourth-order valence-electron chi connectivity index (χ4n) is 3.00. The second kappa shape index (κ2) is 8.94. The molecule has 1 heterocycles. The van der Waals surface area contributed by atoms with Crippen molar-refractivity contribution in [3.63, 3.8) is 0 Å². The number of nitrogens with zero attached hydrogens (tertiary/aromatic N) is 3. The Morgan fingerprint density at radius 3 is 2.54 bits per heavy atom. The lowest BCUT2D eigenvalue weighted by atomic mass is 10.1. The highest BCUT2D eigenvalue weighted by Crippen LogP contribution is 2.38. The summed E-state index contributed by atoms with van der Waals surface area (Å²) >= 11 is 0. The van der Waals surface area contributed by atoms with Gasteiger partial charge in [-0.05, 0) is 25.0 Å². The van der Waals surface area contributed by atoms with Gasteiger partial charge in [0.1, 0.15) is 6.54 Å². The third-order valence-corrected chi connectivity index (χ3v) is 4.42. The number of azo groups is 1. The molecule has 2 N–H and O–H groups in total.